The minimum absolute atomic E-state index is 0.0845. The quantitative estimate of drug-likeness (QED) is 0.251. The number of rotatable bonds is 7. The highest BCUT2D eigenvalue weighted by Gasteiger charge is 2.40. The summed E-state index contributed by atoms with van der Waals surface area (Å²) < 4.78 is 1.37. The third-order valence-corrected chi connectivity index (χ3v) is 7.05. The summed E-state index contributed by atoms with van der Waals surface area (Å²) in [6.07, 6.45) is 1.55. The number of benzene rings is 3. The Labute approximate surface area is 236 Å². The summed E-state index contributed by atoms with van der Waals surface area (Å²) in [5, 5.41) is 14.4. The van der Waals surface area contributed by atoms with Crippen molar-refractivity contribution < 1.29 is 14.4 Å². The lowest BCUT2D eigenvalue weighted by molar-refractivity contribution is -0.149. The molecule has 1 saturated heterocycles. The molecule has 0 unspecified atom stereocenters. The average molecular weight is 572 g/mol. The third-order valence-electron chi connectivity index (χ3n) is 6.81. The van der Waals surface area contributed by atoms with Crippen LogP contribution in [0.25, 0.3) is 16.7 Å². The summed E-state index contributed by atoms with van der Waals surface area (Å²) in [5.41, 5.74) is 2.82. The molecule has 0 bridgehead atoms. The molecule has 6 rings (SSSR count). The Morgan fingerprint density at radius 2 is 1.73 bits per heavy atom. The van der Waals surface area contributed by atoms with Gasteiger partial charge in [0.25, 0.3) is 0 Å². The Morgan fingerprint density at radius 1 is 0.927 bits per heavy atom. The van der Waals surface area contributed by atoms with Crippen molar-refractivity contribution in [3.8, 4) is 5.69 Å². The van der Waals surface area contributed by atoms with E-state index in [0.717, 1.165) is 5.56 Å². The van der Waals surface area contributed by atoms with Gasteiger partial charge in [-0.05, 0) is 52.4 Å². The van der Waals surface area contributed by atoms with Gasteiger partial charge in [-0.1, -0.05) is 41.9 Å². The van der Waals surface area contributed by atoms with Gasteiger partial charge in [-0.2, -0.15) is 4.68 Å². The lowest BCUT2D eigenvalue weighted by atomic mass is 10.0. The molecule has 14 heteroatoms. The minimum Gasteiger partial charge on any atom is -0.324 e. The predicted molar refractivity (Wildman–Crippen MR) is 150 cm³/mol. The van der Waals surface area contributed by atoms with E-state index in [-0.39, 0.29) is 25.2 Å². The number of anilines is 2. The fourth-order valence-electron chi connectivity index (χ4n) is 4.87. The predicted octanol–water partition coefficient (Wildman–Crippen LogP) is 1.91. The maximum atomic E-state index is 13.7. The number of nitrogens with one attached hydrogen (secondary N) is 3. The van der Waals surface area contributed by atoms with E-state index in [4.69, 9.17) is 11.6 Å². The summed E-state index contributed by atoms with van der Waals surface area (Å²) in [6.45, 7) is 0.191. The molecule has 1 aliphatic rings. The molecule has 3 amide bonds. The Bertz CT molecular complexity index is 1820. The summed E-state index contributed by atoms with van der Waals surface area (Å²) >= 11 is 6.24. The first kappa shape index (κ1) is 26.0. The van der Waals surface area contributed by atoms with Gasteiger partial charge in [0, 0.05) is 30.2 Å². The second-order valence-corrected chi connectivity index (χ2v) is 9.81. The van der Waals surface area contributed by atoms with Crippen molar-refractivity contribution >= 4 is 51.7 Å². The lowest BCUT2D eigenvalue weighted by Crippen LogP contribution is -2.60. The van der Waals surface area contributed by atoms with E-state index < -0.39 is 23.8 Å². The van der Waals surface area contributed by atoms with Crippen LogP contribution in [-0.4, -0.2) is 71.9 Å². The van der Waals surface area contributed by atoms with Gasteiger partial charge in [0.2, 0.25) is 5.91 Å². The van der Waals surface area contributed by atoms with Crippen LogP contribution in [0.1, 0.15) is 5.56 Å². The Balaban J connectivity index is 1.29. The van der Waals surface area contributed by atoms with Crippen molar-refractivity contribution in [1.82, 2.24) is 35.1 Å². The maximum absolute atomic E-state index is 13.7. The Hall–Kier alpha value is -5.30. The number of amides is 3. The summed E-state index contributed by atoms with van der Waals surface area (Å²) in [7, 11) is 0. The summed E-state index contributed by atoms with van der Waals surface area (Å²) in [4.78, 5) is 60.3. The van der Waals surface area contributed by atoms with E-state index in [9.17, 15) is 19.2 Å². The number of fused-ring (bicyclic) bond motifs is 1. The van der Waals surface area contributed by atoms with Crippen LogP contribution in [0, 0.1) is 0 Å². The molecule has 206 valence electrons. The monoisotopic (exact) mass is 571 g/mol. The largest absolute Gasteiger partial charge is 0.324 e. The van der Waals surface area contributed by atoms with Crippen molar-refractivity contribution in [2.45, 2.75) is 12.5 Å². The van der Waals surface area contributed by atoms with Crippen LogP contribution in [0.3, 0.4) is 0 Å². The SMILES string of the molecule is O=C(Nc1ccc2[nH]c(=O)[nH]c2c1)[C@H](Cc1ccccc1)N1CCN(c2cc(Cl)ccc2-n2cnnn2)C(=O)C1=O. The maximum Gasteiger partial charge on any atom is 0.323 e. The number of piperazine rings is 1. The van der Waals surface area contributed by atoms with Gasteiger partial charge >= 0.3 is 17.5 Å². The average Bonchev–Trinajstić information content (AvgIpc) is 3.63. The Morgan fingerprint density at radius 3 is 2.51 bits per heavy atom. The van der Waals surface area contributed by atoms with E-state index in [1.165, 1.54) is 20.8 Å². The van der Waals surface area contributed by atoms with E-state index >= 15 is 0 Å². The normalized spacial score (nSPS) is 14.5. The van der Waals surface area contributed by atoms with Gasteiger partial charge in [0.15, 0.2) is 0 Å². The summed E-state index contributed by atoms with van der Waals surface area (Å²) in [5.74, 6) is -2.12. The molecule has 1 atom stereocenters. The van der Waals surface area contributed by atoms with Crippen LogP contribution >= 0.6 is 11.6 Å². The Kier molecular flexibility index (Phi) is 6.77. The van der Waals surface area contributed by atoms with Crippen LogP contribution in [0.15, 0.2) is 77.9 Å². The molecule has 0 saturated carbocycles. The number of halogens is 1. The number of carbonyl (C=O) groups excluding carboxylic acids is 3. The topological polar surface area (TPSA) is 162 Å². The smallest absolute Gasteiger partial charge is 0.323 e. The van der Waals surface area contributed by atoms with Gasteiger partial charge in [0.1, 0.15) is 12.4 Å². The minimum atomic E-state index is -0.990. The van der Waals surface area contributed by atoms with E-state index in [2.05, 4.69) is 30.8 Å². The highest BCUT2D eigenvalue weighted by molar-refractivity contribution is 6.41. The number of hydrogen-bond donors (Lipinski definition) is 3. The first-order chi connectivity index (χ1) is 19.9. The van der Waals surface area contributed by atoms with Crippen LogP contribution in [-0.2, 0) is 20.8 Å². The number of aromatic nitrogens is 6. The number of tetrazole rings is 1. The standard InChI is InChI=1S/C27H22ClN9O4/c28-17-6-9-21(37-15-29-33-34-37)22(13-17)35-10-11-36(26(40)25(35)39)23(12-16-4-2-1-3-5-16)24(38)30-18-7-8-19-20(14-18)32-27(41)31-19/h1-9,13-15,23H,10-12H2,(H,30,38)(H2,31,32,41)/t23-/m0/s1. The first-order valence-corrected chi connectivity index (χ1v) is 13.0. The number of aromatic amines is 2. The summed E-state index contributed by atoms with van der Waals surface area (Å²) in [6, 6.07) is 18.0. The van der Waals surface area contributed by atoms with E-state index in [1.807, 2.05) is 30.3 Å². The molecule has 3 aromatic carbocycles. The van der Waals surface area contributed by atoms with Crippen LogP contribution < -0.4 is 15.9 Å². The van der Waals surface area contributed by atoms with Crippen LogP contribution in [0.4, 0.5) is 11.4 Å². The van der Waals surface area contributed by atoms with Crippen molar-refractivity contribution in [3.05, 3.63) is 94.1 Å². The van der Waals surface area contributed by atoms with Gasteiger partial charge in [-0.15, -0.1) is 5.10 Å². The first-order valence-electron chi connectivity index (χ1n) is 12.6. The molecule has 0 spiro atoms. The molecule has 2 aromatic heterocycles. The highest BCUT2D eigenvalue weighted by Crippen LogP contribution is 2.30. The molecule has 3 N–H and O–H groups in total. The molecule has 1 aliphatic heterocycles. The zero-order valence-electron chi connectivity index (χ0n) is 21.3. The zero-order chi connectivity index (χ0) is 28.5. The third kappa shape index (κ3) is 5.17. The number of imidazole rings is 1. The molecular formula is C27H22ClN9O4. The van der Waals surface area contributed by atoms with Crippen molar-refractivity contribution in [1.29, 1.82) is 0 Å². The van der Waals surface area contributed by atoms with Gasteiger partial charge in [-0.25, -0.2) is 4.79 Å². The number of carbonyl (C=O) groups is 3. The number of hydrogen-bond acceptors (Lipinski definition) is 7. The van der Waals surface area contributed by atoms with Crippen LogP contribution in [0.2, 0.25) is 5.02 Å². The molecule has 5 aromatic rings. The van der Waals surface area contributed by atoms with Crippen molar-refractivity contribution in [3.63, 3.8) is 0 Å². The molecular weight excluding hydrogens is 550 g/mol. The van der Waals surface area contributed by atoms with E-state index in [1.54, 1.807) is 36.4 Å². The number of H-pyrrole nitrogens is 2. The molecule has 41 heavy (non-hydrogen) atoms. The zero-order valence-corrected chi connectivity index (χ0v) is 22.1. The number of nitrogens with zero attached hydrogens (tertiary/aromatic N) is 6. The second kappa shape index (κ2) is 10.7. The highest BCUT2D eigenvalue weighted by atomic mass is 35.5. The molecule has 0 radical (unpaired) electrons. The van der Waals surface area contributed by atoms with Gasteiger partial charge in [-0.3, -0.25) is 14.4 Å². The molecule has 13 nitrogen and oxygen atoms in total. The fourth-order valence-corrected chi connectivity index (χ4v) is 5.04. The molecule has 1 fully saturated rings. The van der Waals surface area contributed by atoms with Gasteiger partial charge < -0.3 is 25.1 Å². The van der Waals surface area contributed by atoms with Crippen molar-refractivity contribution in [2.75, 3.05) is 23.3 Å². The van der Waals surface area contributed by atoms with Gasteiger partial charge in [0.05, 0.1) is 22.4 Å². The molecule has 0 aliphatic carbocycles. The molecule has 3 heterocycles. The fraction of sp³-hybridized carbons (Fsp3) is 0.148. The lowest BCUT2D eigenvalue weighted by Gasteiger charge is -2.38. The second-order valence-electron chi connectivity index (χ2n) is 9.38. The van der Waals surface area contributed by atoms with Crippen LogP contribution in [0.5, 0.6) is 0 Å². The van der Waals surface area contributed by atoms with E-state index in [0.29, 0.717) is 33.1 Å². The van der Waals surface area contributed by atoms with Crippen molar-refractivity contribution in [2.24, 2.45) is 0 Å².